The minimum absolute atomic E-state index is 0.0663. The van der Waals surface area contributed by atoms with E-state index >= 15 is 0 Å². The minimum Gasteiger partial charge on any atom is -0.393 e. The topological polar surface area (TPSA) is 97.2 Å². The first-order chi connectivity index (χ1) is 14.6. The van der Waals surface area contributed by atoms with Gasteiger partial charge in [-0.2, -0.15) is 0 Å². The Morgan fingerprint density at radius 1 is 1.17 bits per heavy atom. The number of rotatable bonds is 6. The zero-order valence-corrected chi connectivity index (χ0v) is 17.4. The molecule has 8 heteroatoms. The van der Waals surface area contributed by atoms with Crippen molar-refractivity contribution in [2.24, 2.45) is 5.92 Å². The number of hydrogen-bond donors (Lipinski definition) is 2. The molecule has 2 N–H and O–H groups in total. The number of nitrogens with one attached hydrogen (secondary N) is 1. The largest absolute Gasteiger partial charge is 0.393 e. The highest BCUT2D eigenvalue weighted by molar-refractivity contribution is 7.22. The molecule has 156 valence electrons. The molecule has 0 unspecified atom stereocenters. The van der Waals surface area contributed by atoms with E-state index in [0.717, 1.165) is 34.2 Å². The third-order valence-electron chi connectivity index (χ3n) is 5.89. The normalized spacial score (nSPS) is 21.6. The standard InChI is InChI=1S/C22H24N4O3S/c27-16-7-14(8-16)21(28)26-22-25-18-6-5-13(9-19(18)30-22)15-10-23-20(24-11-15)12-29-17-3-1-2-4-17/h5-6,9-11,14,16-17,27H,1-4,7-8,12H2,(H,25,26,28). The molecule has 2 aliphatic rings. The summed E-state index contributed by atoms with van der Waals surface area (Å²) >= 11 is 1.45. The summed E-state index contributed by atoms with van der Waals surface area (Å²) in [6, 6.07) is 5.98. The molecule has 30 heavy (non-hydrogen) atoms. The first-order valence-electron chi connectivity index (χ1n) is 10.5. The quantitative estimate of drug-likeness (QED) is 0.622. The molecule has 5 rings (SSSR count). The number of carbonyl (C=O) groups is 1. The third-order valence-corrected chi connectivity index (χ3v) is 6.83. The van der Waals surface area contributed by atoms with Gasteiger partial charge in [0.1, 0.15) is 6.61 Å². The Balaban J connectivity index is 1.25. The summed E-state index contributed by atoms with van der Waals surface area (Å²) in [4.78, 5) is 25.6. The Morgan fingerprint density at radius 2 is 1.93 bits per heavy atom. The van der Waals surface area contributed by atoms with E-state index in [-0.39, 0.29) is 17.9 Å². The highest BCUT2D eigenvalue weighted by atomic mass is 32.1. The monoisotopic (exact) mass is 424 g/mol. The number of amides is 1. The van der Waals surface area contributed by atoms with Gasteiger partial charge in [0.2, 0.25) is 5.91 Å². The number of benzene rings is 1. The minimum atomic E-state index is -0.346. The Bertz CT molecular complexity index is 1040. The summed E-state index contributed by atoms with van der Waals surface area (Å²) in [5.41, 5.74) is 2.79. The number of fused-ring (bicyclic) bond motifs is 1. The molecule has 1 aromatic carbocycles. The molecule has 3 aromatic rings. The Labute approximate surface area is 178 Å². The molecular weight excluding hydrogens is 400 g/mol. The molecule has 2 aromatic heterocycles. The molecule has 0 atom stereocenters. The lowest BCUT2D eigenvalue weighted by atomic mass is 9.82. The van der Waals surface area contributed by atoms with E-state index < -0.39 is 0 Å². The zero-order chi connectivity index (χ0) is 20.5. The Hall–Kier alpha value is -2.42. The lowest BCUT2D eigenvalue weighted by Gasteiger charge is -2.29. The van der Waals surface area contributed by atoms with Crippen molar-refractivity contribution in [1.82, 2.24) is 15.0 Å². The first-order valence-corrected chi connectivity index (χ1v) is 11.3. The number of carbonyl (C=O) groups excluding carboxylic acids is 1. The average Bonchev–Trinajstić information content (AvgIpc) is 3.39. The van der Waals surface area contributed by atoms with Gasteiger partial charge < -0.3 is 15.2 Å². The van der Waals surface area contributed by atoms with Crippen LogP contribution >= 0.6 is 11.3 Å². The molecule has 0 radical (unpaired) electrons. The molecule has 1 amide bonds. The smallest absolute Gasteiger partial charge is 0.229 e. The van der Waals surface area contributed by atoms with Crippen LogP contribution in [0.3, 0.4) is 0 Å². The molecule has 7 nitrogen and oxygen atoms in total. The van der Waals surface area contributed by atoms with Crippen LogP contribution in [0.15, 0.2) is 30.6 Å². The molecule has 0 spiro atoms. The van der Waals surface area contributed by atoms with Gasteiger partial charge in [0.05, 0.1) is 22.4 Å². The van der Waals surface area contributed by atoms with E-state index in [1.165, 1.54) is 24.2 Å². The molecule has 0 aliphatic heterocycles. The van der Waals surface area contributed by atoms with E-state index in [2.05, 4.69) is 20.3 Å². The van der Waals surface area contributed by atoms with Gasteiger partial charge in [0.25, 0.3) is 0 Å². The number of ether oxygens (including phenoxy) is 1. The van der Waals surface area contributed by atoms with Crippen molar-refractivity contribution in [1.29, 1.82) is 0 Å². The predicted octanol–water partition coefficient (Wildman–Crippen LogP) is 3.92. The number of hydrogen-bond acceptors (Lipinski definition) is 7. The fourth-order valence-electron chi connectivity index (χ4n) is 3.99. The van der Waals surface area contributed by atoms with Crippen LogP contribution < -0.4 is 5.32 Å². The van der Waals surface area contributed by atoms with Crippen molar-refractivity contribution in [3.05, 3.63) is 36.4 Å². The number of nitrogens with zero attached hydrogens (tertiary/aromatic N) is 3. The van der Waals surface area contributed by atoms with Crippen molar-refractivity contribution < 1.29 is 14.6 Å². The number of aliphatic hydroxyl groups is 1. The van der Waals surface area contributed by atoms with Crippen LogP contribution in [0.4, 0.5) is 5.13 Å². The van der Waals surface area contributed by atoms with Crippen LogP contribution in [-0.4, -0.2) is 38.2 Å². The Morgan fingerprint density at radius 3 is 2.67 bits per heavy atom. The first kappa shape index (κ1) is 19.5. The van der Waals surface area contributed by atoms with Crippen LogP contribution in [0.5, 0.6) is 0 Å². The van der Waals surface area contributed by atoms with E-state index in [0.29, 0.717) is 36.5 Å². The van der Waals surface area contributed by atoms with Gasteiger partial charge >= 0.3 is 0 Å². The van der Waals surface area contributed by atoms with E-state index in [4.69, 9.17) is 4.74 Å². The van der Waals surface area contributed by atoms with Gasteiger partial charge in [0.15, 0.2) is 11.0 Å². The number of aliphatic hydroxyl groups excluding tert-OH is 1. The summed E-state index contributed by atoms with van der Waals surface area (Å²) in [7, 11) is 0. The van der Waals surface area contributed by atoms with Crippen LogP contribution in [-0.2, 0) is 16.1 Å². The fraction of sp³-hybridized carbons (Fsp3) is 0.455. The number of aromatic nitrogens is 3. The van der Waals surface area contributed by atoms with Crippen molar-refractivity contribution in [3.63, 3.8) is 0 Å². The van der Waals surface area contributed by atoms with Gasteiger partial charge in [-0.1, -0.05) is 30.2 Å². The second-order valence-electron chi connectivity index (χ2n) is 8.12. The highest BCUT2D eigenvalue weighted by Crippen LogP contribution is 2.32. The maximum atomic E-state index is 12.2. The van der Waals surface area contributed by atoms with Crippen molar-refractivity contribution >= 4 is 32.6 Å². The molecule has 0 bridgehead atoms. The molecular formula is C22H24N4O3S. The lowest BCUT2D eigenvalue weighted by molar-refractivity contribution is -0.126. The van der Waals surface area contributed by atoms with Gasteiger partial charge in [-0.15, -0.1) is 0 Å². The highest BCUT2D eigenvalue weighted by Gasteiger charge is 2.33. The van der Waals surface area contributed by atoms with Crippen LogP contribution in [0.25, 0.3) is 21.3 Å². The zero-order valence-electron chi connectivity index (χ0n) is 16.6. The van der Waals surface area contributed by atoms with Crippen LogP contribution in [0.1, 0.15) is 44.3 Å². The van der Waals surface area contributed by atoms with Crippen LogP contribution in [0.2, 0.25) is 0 Å². The van der Waals surface area contributed by atoms with Crippen molar-refractivity contribution in [3.8, 4) is 11.1 Å². The molecule has 2 heterocycles. The second-order valence-corrected chi connectivity index (χ2v) is 9.15. The van der Waals surface area contributed by atoms with Crippen LogP contribution in [0, 0.1) is 5.92 Å². The predicted molar refractivity (Wildman–Crippen MR) is 115 cm³/mol. The SMILES string of the molecule is O=C(Nc1nc2ccc(-c3cnc(COC4CCCC4)nc3)cc2s1)C1CC(O)C1. The molecule has 0 saturated heterocycles. The van der Waals surface area contributed by atoms with E-state index in [9.17, 15) is 9.90 Å². The summed E-state index contributed by atoms with van der Waals surface area (Å²) in [5, 5.41) is 12.8. The van der Waals surface area contributed by atoms with Gasteiger partial charge in [-0.3, -0.25) is 4.79 Å². The maximum Gasteiger partial charge on any atom is 0.229 e. The third kappa shape index (κ3) is 4.21. The number of thiazole rings is 1. The van der Waals surface area contributed by atoms with E-state index in [1.807, 2.05) is 30.6 Å². The maximum absolute atomic E-state index is 12.2. The summed E-state index contributed by atoms with van der Waals surface area (Å²) in [6.07, 6.45) is 9.49. The molecule has 2 aliphatic carbocycles. The average molecular weight is 425 g/mol. The summed E-state index contributed by atoms with van der Waals surface area (Å²) in [5.74, 6) is 0.523. The van der Waals surface area contributed by atoms with Gasteiger partial charge in [-0.05, 0) is 43.4 Å². The molecule has 2 fully saturated rings. The van der Waals surface area contributed by atoms with Crippen molar-refractivity contribution in [2.45, 2.75) is 57.3 Å². The van der Waals surface area contributed by atoms with Crippen molar-refractivity contribution in [2.75, 3.05) is 5.32 Å². The van der Waals surface area contributed by atoms with Gasteiger partial charge in [-0.25, -0.2) is 15.0 Å². The summed E-state index contributed by atoms with van der Waals surface area (Å²) < 4.78 is 6.87. The fourth-order valence-corrected chi connectivity index (χ4v) is 4.90. The molecule has 2 saturated carbocycles. The second kappa shape index (κ2) is 8.37. The Kier molecular flexibility index (Phi) is 5.45. The lowest BCUT2D eigenvalue weighted by Crippen LogP contribution is -2.37. The van der Waals surface area contributed by atoms with E-state index in [1.54, 1.807) is 0 Å². The van der Waals surface area contributed by atoms with Gasteiger partial charge in [0, 0.05) is 23.9 Å². The summed E-state index contributed by atoms with van der Waals surface area (Å²) in [6.45, 7) is 0.458. The number of anilines is 1.